The minimum Gasteiger partial charge on any atom is -0.387 e. The smallest absolute Gasteiger partial charge is 0.297 e. The molecular weight excluding hydrogens is 328 g/mol. The molecule has 9 heteroatoms. The summed E-state index contributed by atoms with van der Waals surface area (Å²) in [6.07, 6.45) is -6.30. The molecule has 1 saturated carbocycles. The van der Waals surface area contributed by atoms with Gasteiger partial charge >= 0.3 is 0 Å². The van der Waals surface area contributed by atoms with Crippen molar-refractivity contribution >= 4 is 10.1 Å². The Morgan fingerprint density at radius 3 is 2.04 bits per heavy atom. The first-order valence-electron chi connectivity index (χ1n) is 7.19. The van der Waals surface area contributed by atoms with Crippen LogP contribution in [0.3, 0.4) is 0 Å². The second-order valence-electron chi connectivity index (χ2n) is 5.90. The quantitative estimate of drug-likeness (QED) is 0.691. The molecule has 1 aliphatic carbocycles. The van der Waals surface area contributed by atoms with Crippen molar-refractivity contribution in [1.82, 2.24) is 0 Å². The second kappa shape index (κ2) is 5.21. The number of aliphatic hydroxyl groups excluding tert-OH is 2. The van der Waals surface area contributed by atoms with E-state index in [1.165, 1.54) is 12.1 Å². The fraction of sp³-hybridized carbons (Fsp3) is 0.571. The maximum atomic E-state index is 12.4. The average molecular weight is 344 g/mol. The Morgan fingerprint density at radius 1 is 0.957 bits per heavy atom. The van der Waals surface area contributed by atoms with Crippen molar-refractivity contribution in [2.45, 2.75) is 54.9 Å². The van der Waals surface area contributed by atoms with Crippen LogP contribution in [0.1, 0.15) is 5.56 Å². The molecule has 0 amide bonds. The SMILES string of the molecule is Cc1ccc(S(=O)(=O)OC2[C@H]3OC4OC([C@@H](O)[C@H]2O4)[C@@H]3O)cc1. The summed E-state index contributed by atoms with van der Waals surface area (Å²) < 4.78 is 45.8. The van der Waals surface area contributed by atoms with Gasteiger partial charge < -0.3 is 24.4 Å². The van der Waals surface area contributed by atoms with E-state index in [4.69, 9.17) is 18.4 Å². The van der Waals surface area contributed by atoms with Crippen molar-refractivity contribution in [3.63, 3.8) is 0 Å². The molecule has 23 heavy (non-hydrogen) atoms. The summed E-state index contributed by atoms with van der Waals surface area (Å²) in [7, 11) is -4.09. The molecule has 5 rings (SSSR count). The average Bonchev–Trinajstić information content (AvgIpc) is 2.51. The molecule has 2 N–H and O–H groups in total. The van der Waals surface area contributed by atoms with E-state index in [9.17, 15) is 18.6 Å². The number of ether oxygens (including phenoxy) is 3. The summed E-state index contributed by atoms with van der Waals surface area (Å²) in [4.78, 5) is -0.0165. The topological polar surface area (TPSA) is 112 Å². The minimum absolute atomic E-state index is 0.0165. The zero-order chi connectivity index (χ0) is 16.4. The number of hydrogen-bond donors (Lipinski definition) is 2. The maximum absolute atomic E-state index is 12.4. The lowest BCUT2D eigenvalue weighted by Crippen LogP contribution is -2.75. The molecule has 1 aromatic carbocycles. The first kappa shape index (κ1) is 15.5. The van der Waals surface area contributed by atoms with Gasteiger partial charge in [-0.1, -0.05) is 17.7 Å². The monoisotopic (exact) mass is 344 g/mol. The molecule has 1 aromatic rings. The van der Waals surface area contributed by atoms with Crippen molar-refractivity contribution in [2.75, 3.05) is 0 Å². The van der Waals surface area contributed by atoms with Gasteiger partial charge in [0.2, 0.25) is 0 Å². The van der Waals surface area contributed by atoms with Gasteiger partial charge in [0.25, 0.3) is 16.6 Å². The molecule has 0 spiro atoms. The van der Waals surface area contributed by atoms with Gasteiger partial charge in [-0.3, -0.25) is 4.18 Å². The molecule has 4 fully saturated rings. The van der Waals surface area contributed by atoms with Crippen molar-refractivity contribution in [3.8, 4) is 0 Å². The summed E-state index contributed by atoms with van der Waals surface area (Å²) in [5, 5.41) is 20.3. The highest BCUT2D eigenvalue weighted by Gasteiger charge is 2.62. The third-order valence-corrected chi connectivity index (χ3v) is 5.67. The van der Waals surface area contributed by atoms with Gasteiger partial charge in [-0.25, -0.2) is 0 Å². The summed E-state index contributed by atoms with van der Waals surface area (Å²) >= 11 is 0. The predicted molar refractivity (Wildman–Crippen MR) is 73.7 cm³/mol. The van der Waals surface area contributed by atoms with E-state index in [-0.39, 0.29) is 4.90 Å². The summed E-state index contributed by atoms with van der Waals surface area (Å²) in [5.41, 5.74) is 0.910. The Morgan fingerprint density at radius 2 is 1.48 bits per heavy atom. The maximum Gasteiger partial charge on any atom is 0.297 e. The van der Waals surface area contributed by atoms with E-state index in [1.54, 1.807) is 12.1 Å². The molecule has 3 aliphatic heterocycles. The molecule has 7 atom stereocenters. The third-order valence-electron chi connectivity index (χ3n) is 4.35. The van der Waals surface area contributed by atoms with Gasteiger partial charge in [0, 0.05) is 0 Å². The van der Waals surface area contributed by atoms with Crippen LogP contribution in [0.4, 0.5) is 0 Å². The highest BCUT2D eigenvalue weighted by atomic mass is 32.2. The van der Waals surface area contributed by atoms with Crippen molar-refractivity contribution in [1.29, 1.82) is 0 Å². The largest absolute Gasteiger partial charge is 0.387 e. The number of benzene rings is 1. The van der Waals surface area contributed by atoms with Gasteiger partial charge in [-0.2, -0.15) is 8.42 Å². The molecule has 0 aromatic heterocycles. The van der Waals surface area contributed by atoms with Crippen molar-refractivity contribution in [2.24, 2.45) is 0 Å². The van der Waals surface area contributed by atoms with Gasteiger partial charge in [0.05, 0.1) is 4.90 Å². The second-order valence-corrected chi connectivity index (χ2v) is 7.47. The Balaban J connectivity index is 1.62. The van der Waals surface area contributed by atoms with Crippen LogP contribution in [-0.2, 0) is 28.5 Å². The van der Waals surface area contributed by atoms with Crippen LogP contribution in [0.25, 0.3) is 0 Å². The van der Waals surface area contributed by atoms with E-state index in [0.29, 0.717) is 0 Å². The Bertz CT molecular complexity index is 682. The molecule has 0 radical (unpaired) electrons. The molecule has 8 nitrogen and oxygen atoms in total. The molecule has 4 bridgehead atoms. The van der Waals surface area contributed by atoms with Crippen LogP contribution in [0.2, 0.25) is 0 Å². The van der Waals surface area contributed by atoms with Crippen LogP contribution >= 0.6 is 0 Å². The summed E-state index contributed by atoms with van der Waals surface area (Å²) in [6.45, 7) is 0.812. The standard InChI is InChI=1S/C14H16O8S/c1-6-2-4-7(5-3-6)23(17,18)22-13-11-8(15)10-9(16)12(13)21-14(19-10)20-11/h2-5,8-16H,1H3/t8-,9+,10?,11-,12+,13?,14?. The molecule has 3 saturated heterocycles. The lowest BCUT2D eigenvalue weighted by Gasteiger charge is -2.56. The van der Waals surface area contributed by atoms with Crippen molar-refractivity contribution < 1.29 is 37.0 Å². The zero-order valence-electron chi connectivity index (χ0n) is 12.1. The van der Waals surface area contributed by atoms with Gasteiger partial charge in [0.1, 0.15) is 36.6 Å². The lowest BCUT2D eigenvalue weighted by atomic mass is 9.83. The first-order valence-corrected chi connectivity index (χ1v) is 8.60. The number of aliphatic hydroxyl groups is 2. The zero-order valence-corrected chi connectivity index (χ0v) is 12.9. The van der Waals surface area contributed by atoms with Crippen LogP contribution in [-0.4, -0.2) is 61.7 Å². The summed E-state index contributed by atoms with van der Waals surface area (Å²) in [5.74, 6) is 0. The van der Waals surface area contributed by atoms with Gasteiger partial charge in [0.15, 0.2) is 0 Å². The number of hydrogen-bond acceptors (Lipinski definition) is 8. The number of aryl methyl sites for hydroxylation is 1. The molecule has 4 aliphatic rings. The van der Waals surface area contributed by atoms with Crippen LogP contribution in [0.15, 0.2) is 29.2 Å². The lowest BCUT2D eigenvalue weighted by molar-refractivity contribution is -0.478. The third kappa shape index (κ3) is 2.40. The predicted octanol–water partition coefficient (Wildman–Crippen LogP) is -0.729. The number of rotatable bonds is 3. The highest BCUT2D eigenvalue weighted by molar-refractivity contribution is 7.86. The van der Waals surface area contributed by atoms with E-state index < -0.39 is 53.2 Å². The Hall–Kier alpha value is -1.07. The van der Waals surface area contributed by atoms with Crippen molar-refractivity contribution in [3.05, 3.63) is 29.8 Å². The van der Waals surface area contributed by atoms with Crippen LogP contribution in [0, 0.1) is 6.92 Å². The first-order chi connectivity index (χ1) is 10.9. The van der Waals surface area contributed by atoms with Crippen LogP contribution < -0.4 is 0 Å². The molecule has 3 unspecified atom stereocenters. The Labute approximate surface area is 132 Å². The minimum atomic E-state index is -4.09. The van der Waals surface area contributed by atoms with Gasteiger partial charge in [-0.05, 0) is 19.1 Å². The van der Waals surface area contributed by atoms with E-state index >= 15 is 0 Å². The van der Waals surface area contributed by atoms with E-state index in [0.717, 1.165) is 5.56 Å². The summed E-state index contributed by atoms with van der Waals surface area (Å²) in [6, 6.07) is 6.16. The highest BCUT2D eigenvalue weighted by Crippen LogP contribution is 2.41. The fourth-order valence-corrected chi connectivity index (χ4v) is 4.22. The van der Waals surface area contributed by atoms with E-state index in [1.807, 2.05) is 6.92 Å². The molecular formula is C14H16O8S. The van der Waals surface area contributed by atoms with E-state index in [2.05, 4.69) is 0 Å². The Kier molecular flexibility index (Phi) is 3.50. The normalized spacial score (nSPS) is 42.1. The molecule has 126 valence electrons. The van der Waals surface area contributed by atoms with Crippen LogP contribution in [0.5, 0.6) is 0 Å². The van der Waals surface area contributed by atoms with Gasteiger partial charge in [-0.15, -0.1) is 0 Å². The molecule has 3 heterocycles. The fourth-order valence-electron chi connectivity index (χ4n) is 3.13.